The molecule has 1 spiro atoms. The van der Waals surface area contributed by atoms with E-state index in [1.165, 1.54) is 0 Å². The number of benzene rings is 2. The summed E-state index contributed by atoms with van der Waals surface area (Å²) in [5.74, 6) is 1.27. The van der Waals surface area contributed by atoms with Gasteiger partial charge in [-0.15, -0.1) is 0 Å². The minimum Gasteiger partial charge on any atom is -0.486 e. The summed E-state index contributed by atoms with van der Waals surface area (Å²) in [5, 5.41) is 3.38. The predicted molar refractivity (Wildman–Crippen MR) is 111 cm³/mol. The standard InChI is InChI=1S/C21H23N3O5S/c25-17(15-5-6-18-19(13-15)29-12-11-28-18)14-24-9-7-21(8-10-24)22-16-3-1-2-4-20(16)30(26,27)23-21/h1-6,13,22-23H,7-12,14H2. The molecule has 3 aliphatic heterocycles. The molecule has 3 heterocycles. The lowest BCUT2D eigenvalue weighted by Gasteiger charge is -2.45. The number of para-hydroxylation sites is 1. The first-order valence-electron chi connectivity index (χ1n) is 10.0. The van der Waals surface area contributed by atoms with Crippen LogP contribution in [0.5, 0.6) is 11.5 Å². The van der Waals surface area contributed by atoms with Gasteiger partial charge in [-0.3, -0.25) is 9.69 Å². The molecule has 0 radical (unpaired) electrons. The number of ketones is 1. The number of Topliss-reactive ketones (excluding diaryl/α,β-unsaturated/α-hetero) is 1. The van der Waals surface area contributed by atoms with Gasteiger partial charge in [-0.25, -0.2) is 8.42 Å². The Hall–Kier alpha value is -2.62. The number of hydrogen-bond acceptors (Lipinski definition) is 7. The van der Waals surface area contributed by atoms with Crippen LogP contribution in [0.1, 0.15) is 23.2 Å². The molecule has 1 saturated heterocycles. The normalized spacial score (nSPS) is 21.5. The first-order valence-corrected chi connectivity index (χ1v) is 11.5. The van der Waals surface area contributed by atoms with Crippen LogP contribution in [-0.2, 0) is 10.0 Å². The SMILES string of the molecule is O=C(CN1CCC2(CC1)Nc1ccccc1S(=O)(=O)N2)c1ccc2c(c1)OCCO2. The molecule has 2 aromatic carbocycles. The number of rotatable bonds is 3. The average molecular weight is 429 g/mol. The minimum atomic E-state index is -3.57. The van der Waals surface area contributed by atoms with Crippen molar-refractivity contribution in [2.45, 2.75) is 23.4 Å². The fourth-order valence-electron chi connectivity index (χ4n) is 4.23. The Labute approximate surface area is 175 Å². The Bertz CT molecular complexity index is 1090. The molecule has 158 valence electrons. The minimum absolute atomic E-state index is 0.00505. The van der Waals surface area contributed by atoms with Crippen LogP contribution in [0.3, 0.4) is 0 Å². The third-order valence-corrected chi connectivity index (χ3v) is 7.42. The van der Waals surface area contributed by atoms with Crippen LogP contribution < -0.4 is 19.5 Å². The second-order valence-electron chi connectivity index (χ2n) is 7.87. The summed E-state index contributed by atoms with van der Waals surface area (Å²) in [7, 11) is -3.57. The van der Waals surface area contributed by atoms with Crippen LogP contribution in [0, 0.1) is 0 Å². The van der Waals surface area contributed by atoms with Crippen molar-refractivity contribution in [1.82, 2.24) is 9.62 Å². The highest BCUT2D eigenvalue weighted by molar-refractivity contribution is 7.89. The highest BCUT2D eigenvalue weighted by Crippen LogP contribution is 2.35. The zero-order valence-electron chi connectivity index (χ0n) is 16.4. The molecule has 0 aliphatic carbocycles. The van der Waals surface area contributed by atoms with E-state index < -0.39 is 15.7 Å². The molecule has 0 saturated carbocycles. The summed E-state index contributed by atoms with van der Waals surface area (Å²) in [6.45, 7) is 2.48. The van der Waals surface area contributed by atoms with E-state index in [1.807, 2.05) is 6.07 Å². The van der Waals surface area contributed by atoms with Crippen LogP contribution in [0.15, 0.2) is 47.4 Å². The zero-order valence-corrected chi connectivity index (χ0v) is 17.2. The quantitative estimate of drug-likeness (QED) is 0.719. The van der Waals surface area contributed by atoms with E-state index in [1.54, 1.807) is 36.4 Å². The number of piperidine rings is 1. The fraction of sp³-hybridized carbons (Fsp3) is 0.381. The first-order chi connectivity index (χ1) is 14.4. The number of carbonyl (C=O) groups excluding carboxylic acids is 1. The van der Waals surface area contributed by atoms with E-state index in [0.717, 1.165) is 0 Å². The highest BCUT2D eigenvalue weighted by atomic mass is 32.2. The first kappa shape index (κ1) is 19.3. The smallest absolute Gasteiger partial charge is 0.244 e. The number of ether oxygens (including phenoxy) is 2. The molecule has 0 atom stereocenters. The van der Waals surface area contributed by atoms with E-state index in [4.69, 9.17) is 9.47 Å². The van der Waals surface area contributed by atoms with Crippen molar-refractivity contribution < 1.29 is 22.7 Å². The van der Waals surface area contributed by atoms with Gasteiger partial charge in [0.05, 0.1) is 12.2 Å². The predicted octanol–water partition coefficient (Wildman–Crippen LogP) is 1.84. The van der Waals surface area contributed by atoms with E-state index in [-0.39, 0.29) is 17.2 Å². The molecule has 0 bridgehead atoms. The maximum Gasteiger partial charge on any atom is 0.244 e. The van der Waals surface area contributed by atoms with Crippen molar-refractivity contribution in [2.75, 3.05) is 38.2 Å². The van der Waals surface area contributed by atoms with Crippen molar-refractivity contribution in [3.05, 3.63) is 48.0 Å². The Kier molecular flexibility index (Phi) is 4.68. The molecule has 0 amide bonds. The number of nitrogens with zero attached hydrogens (tertiary/aromatic N) is 1. The van der Waals surface area contributed by atoms with Gasteiger partial charge >= 0.3 is 0 Å². The molecule has 0 aromatic heterocycles. The third kappa shape index (κ3) is 3.53. The zero-order chi connectivity index (χ0) is 20.8. The Morgan fingerprint density at radius 2 is 1.77 bits per heavy atom. The summed E-state index contributed by atoms with van der Waals surface area (Å²) in [6.07, 6.45) is 1.13. The van der Waals surface area contributed by atoms with Gasteiger partial charge in [-0.05, 0) is 43.2 Å². The van der Waals surface area contributed by atoms with Gasteiger partial charge in [0.2, 0.25) is 10.0 Å². The van der Waals surface area contributed by atoms with Crippen molar-refractivity contribution in [1.29, 1.82) is 0 Å². The van der Waals surface area contributed by atoms with E-state index >= 15 is 0 Å². The van der Waals surface area contributed by atoms with E-state index in [2.05, 4.69) is 14.9 Å². The molecule has 2 aromatic rings. The number of hydrogen-bond donors (Lipinski definition) is 2. The summed E-state index contributed by atoms with van der Waals surface area (Å²) in [5.41, 5.74) is 0.492. The summed E-state index contributed by atoms with van der Waals surface area (Å²) >= 11 is 0. The van der Waals surface area contributed by atoms with Gasteiger partial charge in [-0.1, -0.05) is 12.1 Å². The van der Waals surface area contributed by atoms with Crippen molar-refractivity contribution in [3.8, 4) is 11.5 Å². The maximum absolute atomic E-state index is 12.8. The van der Waals surface area contributed by atoms with Gasteiger partial charge in [0.25, 0.3) is 0 Å². The third-order valence-electron chi connectivity index (χ3n) is 5.82. The topological polar surface area (TPSA) is 97.0 Å². The van der Waals surface area contributed by atoms with Gasteiger partial charge in [-0.2, -0.15) is 4.72 Å². The van der Waals surface area contributed by atoms with Crippen LogP contribution in [0.25, 0.3) is 0 Å². The lowest BCUT2D eigenvalue weighted by Crippen LogP contribution is -2.62. The van der Waals surface area contributed by atoms with Crippen LogP contribution in [-0.4, -0.2) is 57.6 Å². The van der Waals surface area contributed by atoms with Crippen molar-refractivity contribution in [2.24, 2.45) is 0 Å². The second-order valence-corrected chi connectivity index (χ2v) is 9.52. The molecular formula is C21H23N3O5S. The lowest BCUT2D eigenvalue weighted by atomic mass is 9.96. The molecule has 9 heteroatoms. The van der Waals surface area contributed by atoms with Gasteiger partial charge < -0.3 is 14.8 Å². The maximum atomic E-state index is 12.8. The summed E-state index contributed by atoms with van der Waals surface area (Å²) in [6, 6.07) is 12.2. The highest BCUT2D eigenvalue weighted by Gasteiger charge is 2.43. The van der Waals surface area contributed by atoms with Crippen LogP contribution >= 0.6 is 0 Å². The number of fused-ring (bicyclic) bond motifs is 2. The summed E-state index contributed by atoms with van der Waals surface area (Å²) < 4.78 is 39.2. The molecule has 0 unspecified atom stereocenters. The van der Waals surface area contributed by atoms with Gasteiger partial charge in [0.15, 0.2) is 17.3 Å². The Morgan fingerprint density at radius 1 is 1.03 bits per heavy atom. The average Bonchev–Trinajstić information content (AvgIpc) is 2.75. The Morgan fingerprint density at radius 3 is 2.57 bits per heavy atom. The fourth-order valence-corrected chi connectivity index (χ4v) is 5.78. The van der Waals surface area contributed by atoms with Crippen LogP contribution in [0.2, 0.25) is 0 Å². The number of nitrogens with one attached hydrogen (secondary N) is 2. The molecule has 30 heavy (non-hydrogen) atoms. The largest absolute Gasteiger partial charge is 0.486 e. The number of anilines is 1. The monoisotopic (exact) mass is 429 g/mol. The van der Waals surface area contributed by atoms with Gasteiger partial charge in [0, 0.05) is 18.7 Å². The molecule has 1 fully saturated rings. The summed E-state index contributed by atoms with van der Waals surface area (Å²) in [4.78, 5) is 15.1. The number of carbonyl (C=O) groups is 1. The number of sulfonamides is 1. The van der Waals surface area contributed by atoms with Gasteiger partial charge in [0.1, 0.15) is 23.8 Å². The number of likely N-dealkylation sites (tertiary alicyclic amines) is 1. The lowest BCUT2D eigenvalue weighted by molar-refractivity contribution is 0.0882. The van der Waals surface area contributed by atoms with Crippen molar-refractivity contribution in [3.63, 3.8) is 0 Å². The second kappa shape index (κ2) is 7.26. The van der Waals surface area contributed by atoms with Crippen molar-refractivity contribution >= 4 is 21.5 Å². The molecule has 5 rings (SSSR count). The van der Waals surface area contributed by atoms with E-state index in [9.17, 15) is 13.2 Å². The molecular weight excluding hydrogens is 406 g/mol. The molecule has 2 N–H and O–H groups in total. The molecule has 8 nitrogen and oxygen atoms in total. The van der Waals surface area contributed by atoms with E-state index in [0.29, 0.717) is 61.9 Å². The Balaban J connectivity index is 1.25. The van der Waals surface area contributed by atoms with Crippen LogP contribution in [0.4, 0.5) is 5.69 Å². The molecule has 3 aliphatic rings.